The van der Waals surface area contributed by atoms with E-state index < -0.39 is 11.6 Å². The molecule has 1 fully saturated rings. The van der Waals surface area contributed by atoms with Crippen LogP contribution in [0.25, 0.3) is 0 Å². The summed E-state index contributed by atoms with van der Waals surface area (Å²) in [5, 5.41) is 9.93. The lowest BCUT2D eigenvalue weighted by molar-refractivity contribution is 0.575. The Morgan fingerprint density at radius 1 is 1.13 bits per heavy atom. The van der Waals surface area contributed by atoms with Gasteiger partial charge in [-0.1, -0.05) is 12.1 Å². The van der Waals surface area contributed by atoms with E-state index in [-0.39, 0.29) is 35.7 Å². The number of aromatic nitrogens is 1. The third-order valence-electron chi connectivity index (χ3n) is 4.87. The quantitative estimate of drug-likeness (QED) is 0.211. The monoisotopic (exact) mass is 530 g/mol. The maximum atomic E-state index is 14.0. The number of para-hydroxylation sites is 1. The third kappa shape index (κ3) is 6.96. The van der Waals surface area contributed by atoms with E-state index in [4.69, 9.17) is 0 Å². The summed E-state index contributed by atoms with van der Waals surface area (Å²) in [4.78, 5) is 10.2. The van der Waals surface area contributed by atoms with Crippen LogP contribution >= 0.6 is 24.0 Å². The summed E-state index contributed by atoms with van der Waals surface area (Å²) in [6.45, 7) is 2.79. The SMILES string of the molecule is CN=C(NCCCCNc1ccccn1)NC1CCN(c2c(F)cccc2F)C1.I. The van der Waals surface area contributed by atoms with Crippen LogP contribution in [0.3, 0.4) is 0 Å². The highest BCUT2D eigenvalue weighted by Gasteiger charge is 2.27. The van der Waals surface area contributed by atoms with Crippen molar-refractivity contribution in [2.75, 3.05) is 43.4 Å². The summed E-state index contributed by atoms with van der Waals surface area (Å²) in [6, 6.07) is 9.86. The summed E-state index contributed by atoms with van der Waals surface area (Å²) >= 11 is 0. The maximum Gasteiger partial charge on any atom is 0.191 e. The first kappa shape index (κ1) is 24.1. The van der Waals surface area contributed by atoms with Gasteiger partial charge in [-0.05, 0) is 43.5 Å². The molecule has 164 valence electrons. The fourth-order valence-corrected chi connectivity index (χ4v) is 3.40. The Morgan fingerprint density at radius 2 is 1.90 bits per heavy atom. The fraction of sp³-hybridized carbons (Fsp3) is 0.429. The largest absolute Gasteiger partial charge is 0.370 e. The lowest BCUT2D eigenvalue weighted by Gasteiger charge is -2.21. The molecule has 1 saturated heterocycles. The van der Waals surface area contributed by atoms with E-state index in [1.807, 2.05) is 18.2 Å². The Balaban J connectivity index is 0.00000320. The van der Waals surface area contributed by atoms with E-state index in [0.29, 0.717) is 19.0 Å². The van der Waals surface area contributed by atoms with E-state index in [9.17, 15) is 8.78 Å². The summed E-state index contributed by atoms with van der Waals surface area (Å²) in [6.07, 6.45) is 4.55. The summed E-state index contributed by atoms with van der Waals surface area (Å²) in [5.41, 5.74) is 0.0557. The van der Waals surface area contributed by atoms with Crippen LogP contribution in [0.2, 0.25) is 0 Å². The Morgan fingerprint density at radius 3 is 2.60 bits per heavy atom. The van der Waals surface area contributed by atoms with Crippen molar-refractivity contribution in [3.05, 3.63) is 54.2 Å². The molecular formula is C21H29F2IN6. The van der Waals surface area contributed by atoms with Gasteiger partial charge < -0.3 is 20.9 Å². The maximum absolute atomic E-state index is 14.0. The number of guanidine groups is 1. The number of hydrogen-bond donors (Lipinski definition) is 3. The first-order chi connectivity index (χ1) is 14.2. The van der Waals surface area contributed by atoms with Crippen LogP contribution in [-0.4, -0.2) is 50.2 Å². The second-order valence-electron chi connectivity index (χ2n) is 6.99. The zero-order chi connectivity index (χ0) is 20.5. The number of unbranched alkanes of at least 4 members (excludes halogenated alkanes) is 1. The van der Waals surface area contributed by atoms with Crippen LogP contribution in [-0.2, 0) is 0 Å². The number of hydrogen-bond acceptors (Lipinski definition) is 4. The van der Waals surface area contributed by atoms with Gasteiger partial charge in [-0.15, -0.1) is 24.0 Å². The smallest absolute Gasteiger partial charge is 0.191 e. The minimum atomic E-state index is -0.521. The Hall–Kier alpha value is -2.17. The van der Waals surface area contributed by atoms with Gasteiger partial charge in [0.2, 0.25) is 0 Å². The molecule has 6 nitrogen and oxygen atoms in total. The molecule has 1 aliphatic rings. The van der Waals surface area contributed by atoms with Crippen LogP contribution in [0.5, 0.6) is 0 Å². The van der Waals surface area contributed by atoms with E-state index >= 15 is 0 Å². The molecule has 0 radical (unpaired) electrons. The topological polar surface area (TPSA) is 64.6 Å². The number of aliphatic imine (C=N–C) groups is 1. The molecule has 1 atom stereocenters. The van der Waals surface area contributed by atoms with Crippen molar-refractivity contribution < 1.29 is 8.78 Å². The van der Waals surface area contributed by atoms with Crippen molar-refractivity contribution in [1.29, 1.82) is 0 Å². The molecule has 0 amide bonds. The molecule has 2 aromatic rings. The number of rotatable bonds is 8. The van der Waals surface area contributed by atoms with Crippen molar-refractivity contribution in [3.8, 4) is 0 Å². The van der Waals surface area contributed by atoms with Crippen molar-refractivity contribution in [1.82, 2.24) is 15.6 Å². The van der Waals surface area contributed by atoms with Crippen molar-refractivity contribution in [2.24, 2.45) is 4.99 Å². The second kappa shape index (κ2) is 12.5. The van der Waals surface area contributed by atoms with Gasteiger partial charge >= 0.3 is 0 Å². The molecule has 9 heteroatoms. The van der Waals surface area contributed by atoms with Crippen molar-refractivity contribution in [2.45, 2.75) is 25.3 Å². The van der Waals surface area contributed by atoms with E-state index in [1.54, 1.807) is 18.1 Å². The minimum absolute atomic E-state index is 0. The number of anilines is 2. The Labute approximate surface area is 193 Å². The Kier molecular flexibility index (Phi) is 10.0. The fourth-order valence-electron chi connectivity index (χ4n) is 3.40. The molecule has 3 N–H and O–H groups in total. The van der Waals surface area contributed by atoms with Gasteiger partial charge in [0.1, 0.15) is 23.1 Å². The number of halogens is 3. The molecule has 3 rings (SSSR count). The molecule has 1 aliphatic heterocycles. The highest BCUT2D eigenvalue weighted by molar-refractivity contribution is 14.0. The van der Waals surface area contributed by atoms with Crippen LogP contribution in [0, 0.1) is 11.6 Å². The average Bonchev–Trinajstić information content (AvgIpc) is 3.18. The molecule has 0 aliphatic carbocycles. The zero-order valence-corrected chi connectivity index (χ0v) is 19.4. The predicted octanol–water partition coefficient (Wildman–Crippen LogP) is 3.61. The van der Waals surface area contributed by atoms with Crippen LogP contribution in [0.4, 0.5) is 20.3 Å². The van der Waals surface area contributed by atoms with Crippen LogP contribution in [0.1, 0.15) is 19.3 Å². The standard InChI is InChI=1S/C21H28F2N6.HI/c1-24-21(27-13-5-4-12-26-19-9-2-3-11-25-19)28-16-10-14-29(15-16)20-17(22)7-6-8-18(20)23;/h2-3,6-9,11,16H,4-5,10,12-15H2,1H3,(H,25,26)(H2,24,27,28);1H. The zero-order valence-electron chi connectivity index (χ0n) is 17.1. The molecule has 30 heavy (non-hydrogen) atoms. The normalized spacial score (nSPS) is 16.2. The number of nitrogens with zero attached hydrogens (tertiary/aromatic N) is 3. The molecule has 0 spiro atoms. The third-order valence-corrected chi connectivity index (χ3v) is 4.87. The average molecular weight is 530 g/mol. The van der Waals surface area contributed by atoms with Gasteiger partial charge in [0.25, 0.3) is 0 Å². The lowest BCUT2D eigenvalue weighted by atomic mass is 10.2. The molecule has 0 bridgehead atoms. The molecule has 1 aromatic carbocycles. The second-order valence-corrected chi connectivity index (χ2v) is 6.99. The van der Waals surface area contributed by atoms with Crippen molar-refractivity contribution in [3.63, 3.8) is 0 Å². The van der Waals surface area contributed by atoms with Gasteiger partial charge in [-0.3, -0.25) is 4.99 Å². The van der Waals surface area contributed by atoms with E-state index in [2.05, 4.69) is 25.9 Å². The number of benzene rings is 1. The van der Waals surface area contributed by atoms with Crippen molar-refractivity contribution >= 4 is 41.4 Å². The van der Waals surface area contributed by atoms with Gasteiger partial charge in [-0.25, -0.2) is 13.8 Å². The van der Waals surface area contributed by atoms with Crippen LogP contribution < -0.4 is 20.9 Å². The predicted molar refractivity (Wildman–Crippen MR) is 129 cm³/mol. The summed E-state index contributed by atoms with van der Waals surface area (Å²) < 4.78 is 28.0. The highest BCUT2D eigenvalue weighted by atomic mass is 127. The van der Waals surface area contributed by atoms with E-state index in [0.717, 1.165) is 38.2 Å². The first-order valence-corrected chi connectivity index (χ1v) is 9.98. The van der Waals surface area contributed by atoms with Gasteiger partial charge in [0, 0.05) is 45.5 Å². The van der Waals surface area contributed by atoms with Gasteiger partial charge in [-0.2, -0.15) is 0 Å². The highest BCUT2D eigenvalue weighted by Crippen LogP contribution is 2.26. The van der Waals surface area contributed by atoms with E-state index in [1.165, 1.54) is 18.2 Å². The van der Waals surface area contributed by atoms with Gasteiger partial charge in [0.05, 0.1) is 0 Å². The summed E-state index contributed by atoms with van der Waals surface area (Å²) in [7, 11) is 1.72. The molecular weight excluding hydrogens is 501 g/mol. The minimum Gasteiger partial charge on any atom is -0.370 e. The number of nitrogens with one attached hydrogen (secondary N) is 3. The molecule has 1 aromatic heterocycles. The van der Waals surface area contributed by atoms with Gasteiger partial charge in [0.15, 0.2) is 5.96 Å². The molecule has 0 saturated carbocycles. The summed E-state index contributed by atoms with van der Waals surface area (Å²) in [5.74, 6) is 0.554. The first-order valence-electron chi connectivity index (χ1n) is 9.98. The molecule has 1 unspecified atom stereocenters. The number of pyridine rings is 1. The van der Waals surface area contributed by atoms with Crippen LogP contribution in [0.15, 0.2) is 47.6 Å². The Bertz CT molecular complexity index is 785. The molecule has 2 heterocycles. The lowest BCUT2D eigenvalue weighted by Crippen LogP contribution is -2.45.